The van der Waals surface area contributed by atoms with Crippen molar-refractivity contribution in [2.45, 2.75) is 13.0 Å². The molecule has 2 aromatic carbocycles. The zero-order valence-electron chi connectivity index (χ0n) is 15.4. The fourth-order valence-electron chi connectivity index (χ4n) is 2.35. The van der Waals surface area contributed by atoms with Crippen LogP contribution < -0.4 is 24.3 Å². The minimum atomic E-state index is -0.340. The number of nitriles is 1. The van der Waals surface area contributed by atoms with Crippen molar-refractivity contribution in [3.8, 4) is 29.1 Å². The van der Waals surface area contributed by atoms with E-state index in [0.717, 1.165) is 5.56 Å². The first kappa shape index (κ1) is 19.9. The number of benzene rings is 2. The Labute approximate surface area is 158 Å². The van der Waals surface area contributed by atoms with Gasteiger partial charge in [0, 0.05) is 18.2 Å². The number of nitrogens with zero attached hydrogens (tertiary/aromatic N) is 1. The van der Waals surface area contributed by atoms with Crippen molar-refractivity contribution in [2.24, 2.45) is 0 Å². The van der Waals surface area contributed by atoms with Gasteiger partial charge >= 0.3 is 0 Å². The third kappa shape index (κ3) is 6.12. The number of hydrogen-bond donors (Lipinski definition) is 1. The molecule has 1 N–H and O–H groups in total. The van der Waals surface area contributed by atoms with Gasteiger partial charge < -0.3 is 24.3 Å². The van der Waals surface area contributed by atoms with Crippen LogP contribution in [-0.4, -0.2) is 33.3 Å². The fourth-order valence-corrected chi connectivity index (χ4v) is 2.35. The molecule has 0 heterocycles. The Kier molecular flexibility index (Phi) is 7.79. The number of methoxy groups -OCH3 is 2. The maximum Gasteiger partial charge on any atom is 0.234 e. The predicted molar refractivity (Wildman–Crippen MR) is 99.1 cm³/mol. The summed E-state index contributed by atoms with van der Waals surface area (Å²) in [6.07, 6.45) is -0.186. The minimum absolute atomic E-state index is 0.186. The van der Waals surface area contributed by atoms with E-state index in [1.165, 1.54) is 0 Å². The summed E-state index contributed by atoms with van der Waals surface area (Å²) < 4.78 is 22.0. The van der Waals surface area contributed by atoms with Crippen molar-refractivity contribution in [3.63, 3.8) is 0 Å². The number of hydrogen-bond acceptors (Lipinski definition) is 6. The van der Waals surface area contributed by atoms with Crippen LogP contribution in [0.1, 0.15) is 12.0 Å². The second kappa shape index (κ2) is 10.6. The molecule has 0 aliphatic heterocycles. The number of carbonyl (C=O) groups is 1. The number of nitrogens with one attached hydrogen (secondary N) is 1. The van der Waals surface area contributed by atoms with Gasteiger partial charge in [0.25, 0.3) is 0 Å². The van der Waals surface area contributed by atoms with Crippen molar-refractivity contribution < 1.29 is 23.7 Å². The van der Waals surface area contributed by atoms with Crippen LogP contribution in [0.15, 0.2) is 42.5 Å². The predicted octanol–water partition coefficient (Wildman–Crippen LogP) is 2.69. The molecule has 0 aromatic heterocycles. The quantitative estimate of drug-likeness (QED) is 0.647. The molecule has 0 aliphatic carbocycles. The van der Waals surface area contributed by atoms with E-state index < -0.39 is 0 Å². The number of para-hydroxylation sites is 1. The van der Waals surface area contributed by atoms with Crippen LogP contribution in [0.3, 0.4) is 0 Å². The summed E-state index contributed by atoms with van der Waals surface area (Å²) in [6, 6.07) is 14.5. The average Bonchev–Trinajstić information content (AvgIpc) is 2.70. The van der Waals surface area contributed by atoms with Crippen LogP contribution in [0.2, 0.25) is 0 Å². The van der Waals surface area contributed by atoms with Crippen molar-refractivity contribution in [1.29, 1.82) is 5.26 Å². The Hall–Kier alpha value is -3.40. The molecule has 7 nitrogen and oxygen atoms in total. The summed E-state index contributed by atoms with van der Waals surface area (Å²) >= 11 is 0. The molecular weight excluding hydrogens is 348 g/mol. The largest absolute Gasteiger partial charge is 0.497 e. The highest BCUT2D eigenvalue weighted by Crippen LogP contribution is 2.31. The Morgan fingerprint density at radius 1 is 1.04 bits per heavy atom. The lowest BCUT2D eigenvalue weighted by Gasteiger charge is -2.16. The molecule has 1 amide bonds. The summed E-state index contributed by atoms with van der Waals surface area (Å²) in [5.41, 5.74) is 0.752. The van der Waals surface area contributed by atoms with Gasteiger partial charge in [0.1, 0.15) is 31.1 Å². The van der Waals surface area contributed by atoms with Crippen LogP contribution in [0.25, 0.3) is 0 Å². The molecule has 0 bridgehead atoms. The van der Waals surface area contributed by atoms with Crippen molar-refractivity contribution in [3.05, 3.63) is 48.0 Å². The number of rotatable bonds is 10. The summed E-state index contributed by atoms with van der Waals surface area (Å²) in [4.78, 5) is 11.5. The van der Waals surface area contributed by atoms with Gasteiger partial charge in [-0.05, 0) is 18.2 Å². The van der Waals surface area contributed by atoms with Gasteiger partial charge in [-0.2, -0.15) is 5.26 Å². The van der Waals surface area contributed by atoms with Crippen molar-refractivity contribution >= 4 is 5.91 Å². The zero-order valence-corrected chi connectivity index (χ0v) is 15.4. The molecule has 2 aromatic rings. The van der Waals surface area contributed by atoms with Gasteiger partial charge in [-0.25, -0.2) is 0 Å². The zero-order chi connectivity index (χ0) is 19.5. The van der Waals surface area contributed by atoms with Gasteiger partial charge in [-0.3, -0.25) is 4.79 Å². The molecule has 0 spiro atoms. The summed E-state index contributed by atoms with van der Waals surface area (Å²) in [6.45, 7) is 0.853. The monoisotopic (exact) mass is 370 g/mol. The molecule has 2 rings (SSSR count). The lowest BCUT2D eigenvalue weighted by molar-refractivity contribution is -0.120. The van der Waals surface area contributed by atoms with Crippen LogP contribution in [0.4, 0.5) is 0 Å². The highest BCUT2D eigenvalue weighted by molar-refractivity contribution is 5.78. The molecule has 27 heavy (non-hydrogen) atoms. The first-order valence-electron chi connectivity index (χ1n) is 8.37. The van der Waals surface area contributed by atoms with E-state index in [0.29, 0.717) is 29.6 Å². The smallest absolute Gasteiger partial charge is 0.234 e. The van der Waals surface area contributed by atoms with Crippen molar-refractivity contribution in [2.75, 3.05) is 27.4 Å². The molecule has 142 valence electrons. The summed E-state index contributed by atoms with van der Waals surface area (Å²) in [5.74, 6) is 2.15. The average molecular weight is 370 g/mol. The lowest BCUT2D eigenvalue weighted by atomic mass is 10.2. The SMILES string of the molecule is COc1cccc(OCCOc2c(CNC(=O)CC#N)cccc2OC)c1. The first-order chi connectivity index (χ1) is 13.2. The highest BCUT2D eigenvalue weighted by atomic mass is 16.5. The molecule has 0 unspecified atom stereocenters. The number of amides is 1. The van der Waals surface area contributed by atoms with Gasteiger partial charge in [-0.15, -0.1) is 0 Å². The molecule has 0 saturated heterocycles. The normalized spacial score (nSPS) is 9.81. The Bertz CT molecular complexity index is 801. The fraction of sp³-hybridized carbons (Fsp3) is 0.300. The van der Waals surface area contributed by atoms with Gasteiger partial charge in [0.05, 0.1) is 20.3 Å². The molecule has 0 aliphatic rings. The van der Waals surface area contributed by atoms with Crippen LogP contribution in [0.5, 0.6) is 23.0 Å². The standard InChI is InChI=1S/C20H22N2O5/c1-24-16-6-4-7-17(13-16)26-11-12-27-20-15(5-3-8-18(20)25-2)14-22-19(23)9-10-21/h3-8,13H,9,11-12,14H2,1-2H3,(H,22,23). The topological polar surface area (TPSA) is 89.8 Å². The Morgan fingerprint density at radius 3 is 2.52 bits per heavy atom. The molecule has 0 fully saturated rings. The van der Waals surface area contributed by atoms with E-state index >= 15 is 0 Å². The van der Waals surface area contributed by atoms with Gasteiger partial charge in [0.15, 0.2) is 11.5 Å². The lowest BCUT2D eigenvalue weighted by Crippen LogP contribution is -2.22. The third-order valence-corrected chi connectivity index (χ3v) is 3.64. The van der Waals surface area contributed by atoms with Gasteiger partial charge in [0.2, 0.25) is 5.91 Å². The van der Waals surface area contributed by atoms with E-state index in [2.05, 4.69) is 5.32 Å². The molecule has 0 radical (unpaired) electrons. The molecule has 7 heteroatoms. The Balaban J connectivity index is 1.95. The maximum atomic E-state index is 11.5. The second-order valence-electron chi connectivity index (χ2n) is 5.44. The van der Waals surface area contributed by atoms with E-state index in [-0.39, 0.29) is 25.5 Å². The summed E-state index contributed by atoms with van der Waals surface area (Å²) in [5, 5.41) is 11.2. The second-order valence-corrected chi connectivity index (χ2v) is 5.44. The minimum Gasteiger partial charge on any atom is -0.497 e. The first-order valence-corrected chi connectivity index (χ1v) is 8.37. The van der Waals surface area contributed by atoms with Crippen LogP contribution in [0, 0.1) is 11.3 Å². The Morgan fingerprint density at radius 2 is 1.78 bits per heavy atom. The number of ether oxygens (including phenoxy) is 4. The molecule has 0 saturated carbocycles. The summed E-state index contributed by atoms with van der Waals surface area (Å²) in [7, 11) is 3.15. The van der Waals surface area contributed by atoms with Gasteiger partial charge in [-0.1, -0.05) is 18.2 Å². The molecule has 0 atom stereocenters. The maximum absolute atomic E-state index is 11.5. The van der Waals surface area contributed by atoms with E-state index in [9.17, 15) is 4.79 Å². The van der Waals surface area contributed by atoms with Crippen LogP contribution >= 0.6 is 0 Å². The van der Waals surface area contributed by atoms with Crippen molar-refractivity contribution in [1.82, 2.24) is 5.32 Å². The van der Waals surface area contributed by atoms with E-state index in [4.69, 9.17) is 24.2 Å². The van der Waals surface area contributed by atoms with E-state index in [1.54, 1.807) is 26.4 Å². The highest BCUT2D eigenvalue weighted by Gasteiger charge is 2.12. The third-order valence-electron chi connectivity index (χ3n) is 3.64. The van der Waals surface area contributed by atoms with E-state index in [1.807, 2.05) is 36.4 Å². The van der Waals surface area contributed by atoms with Crippen LogP contribution in [-0.2, 0) is 11.3 Å². The molecular formula is C20H22N2O5. The number of carbonyl (C=O) groups excluding carboxylic acids is 1.